The van der Waals surface area contributed by atoms with Crippen molar-refractivity contribution < 1.29 is 24.5 Å². The number of hydrogen-bond donors (Lipinski definition) is 3. The van der Waals surface area contributed by atoms with Gasteiger partial charge in [-0.2, -0.15) is 0 Å². The van der Waals surface area contributed by atoms with Gasteiger partial charge in [-0.3, -0.25) is 4.79 Å². The summed E-state index contributed by atoms with van der Waals surface area (Å²) in [6.45, 7) is 2.60. The first kappa shape index (κ1) is 16.0. The van der Waals surface area contributed by atoms with Crippen molar-refractivity contribution in [3.05, 3.63) is 0 Å². The molecule has 1 heterocycles. The van der Waals surface area contributed by atoms with E-state index in [0.717, 1.165) is 19.3 Å². The van der Waals surface area contributed by atoms with Crippen LogP contribution in [0, 0.1) is 5.92 Å². The Bertz CT molecular complexity index is 390. The third kappa shape index (κ3) is 3.65. The van der Waals surface area contributed by atoms with E-state index in [1.807, 2.05) is 6.92 Å². The van der Waals surface area contributed by atoms with Crippen LogP contribution in [0.25, 0.3) is 0 Å². The maximum absolute atomic E-state index is 12.4. The number of carbonyl (C=O) groups is 2. The predicted octanol–water partition coefficient (Wildman–Crippen LogP) is 0.421. The highest BCUT2D eigenvalue weighted by Crippen LogP contribution is 2.22. The molecule has 4 atom stereocenters. The quantitative estimate of drug-likeness (QED) is 0.699. The lowest BCUT2D eigenvalue weighted by Crippen LogP contribution is -2.55. The molecule has 4 unspecified atom stereocenters. The van der Waals surface area contributed by atoms with Crippen LogP contribution in [0.3, 0.4) is 0 Å². The minimum absolute atomic E-state index is 0.135. The van der Waals surface area contributed by atoms with Gasteiger partial charge in [-0.05, 0) is 19.8 Å². The van der Waals surface area contributed by atoms with Crippen molar-refractivity contribution >= 4 is 12.0 Å². The number of carboxylic acid groups (broad SMARTS) is 1. The number of ether oxygens (including phenoxy) is 1. The van der Waals surface area contributed by atoms with E-state index < -0.39 is 24.0 Å². The third-order valence-electron chi connectivity index (χ3n) is 4.41. The summed E-state index contributed by atoms with van der Waals surface area (Å²) in [5, 5.41) is 22.0. The van der Waals surface area contributed by atoms with Crippen molar-refractivity contribution in [2.75, 3.05) is 19.8 Å². The molecule has 1 aliphatic heterocycles. The van der Waals surface area contributed by atoms with Crippen LogP contribution < -0.4 is 5.32 Å². The Hall–Kier alpha value is -1.34. The van der Waals surface area contributed by atoms with Crippen LogP contribution in [0.2, 0.25) is 0 Å². The molecule has 21 heavy (non-hydrogen) atoms. The van der Waals surface area contributed by atoms with E-state index in [-0.39, 0.29) is 25.3 Å². The summed E-state index contributed by atoms with van der Waals surface area (Å²) in [7, 11) is 0. The molecule has 2 amide bonds. The zero-order chi connectivity index (χ0) is 15.4. The van der Waals surface area contributed by atoms with E-state index in [0.29, 0.717) is 13.0 Å². The van der Waals surface area contributed by atoms with Crippen molar-refractivity contribution in [2.24, 2.45) is 5.92 Å². The van der Waals surface area contributed by atoms with Crippen LogP contribution in [-0.2, 0) is 9.53 Å². The summed E-state index contributed by atoms with van der Waals surface area (Å²) in [6.07, 6.45) is 2.90. The van der Waals surface area contributed by atoms with Gasteiger partial charge in [-0.25, -0.2) is 4.79 Å². The van der Waals surface area contributed by atoms with E-state index in [9.17, 15) is 19.8 Å². The number of hydrogen-bond acceptors (Lipinski definition) is 4. The Kier molecular flexibility index (Phi) is 5.41. The van der Waals surface area contributed by atoms with Crippen molar-refractivity contribution in [1.82, 2.24) is 10.2 Å². The Morgan fingerprint density at radius 1 is 1.29 bits per heavy atom. The van der Waals surface area contributed by atoms with Crippen LogP contribution in [0.1, 0.15) is 32.6 Å². The molecule has 0 bridgehead atoms. The Morgan fingerprint density at radius 2 is 2.00 bits per heavy atom. The van der Waals surface area contributed by atoms with Crippen molar-refractivity contribution in [3.63, 3.8) is 0 Å². The Balaban J connectivity index is 1.99. The molecule has 2 fully saturated rings. The van der Waals surface area contributed by atoms with E-state index in [4.69, 9.17) is 4.74 Å². The first-order chi connectivity index (χ1) is 10.0. The monoisotopic (exact) mass is 300 g/mol. The maximum Gasteiger partial charge on any atom is 0.318 e. The number of amides is 2. The molecule has 2 rings (SSSR count). The lowest BCUT2D eigenvalue weighted by atomic mass is 9.92. The van der Waals surface area contributed by atoms with Crippen molar-refractivity contribution in [1.29, 1.82) is 0 Å². The summed E-state index contributed by atoms with van der Waals surface area (Å²) < 4.78 is 5.22. The number of nitrogens with one attached hydrogen (secondary N) is 1. The summed E-state index contributed by atoms with van der Waals surface area (Å²) in [5.41, 5.74) is 0. The average Bonchev–Trinajstić information content (AvgIpc) is 2.91. The smallest absolute Gasteiger partial charge is 0.318 e. The molecule has 1 aliphatic carbocycles. The van der Waals surface area contributed by atoms with Gasteiger partial charge in [0.25, 0.3) is 0 Å². The Morgan fingerprint density at radius 3 is 2.62 bits per heavy atom. The minimum atomic E-state index is -0.943. The van der Waals surface area contributed by atoms with Gasteiger partial charge in [0.2, 0.25) is 0 Å². The van der Waals surface area contributed by atoms with Gasteiger partial charge in [0.05, 0.1) is 31.4 Å². The zero-order valence-corrected chi connectivity index (χ0v) is 12.3. The number of aliphatic carboxylic acids is 1. The largest absolute Gasteiger partial charge is 0.481 e. The maximum atomic E-state index is 12.4. The normalized spacial score (nSPS) is 32.7. The lowest BCUT2D eigenvalue weighted by molar-refractivity contribution is -0.142. The molecule has 0 radical (unpaired) electrons. The highest BCUT2D eigenvalue weighted by molar-refractivity contribution is 5.77. The fourth-order valence-electron chi connectivity index (χ4n) is 3.14. The topological polar surface area (TPSA) is 99.1 Å². The molecule has 7 nitrogen and oxygen atoms in total. The summed E-state index contributed by atoms with van der Waals surface area (Å²) in [5.74, 6) is -1.63. The second-order valence-corrected chi connectivity index (χ2v) is 5.74. The first-order valence-electron chi connectivity index (χ1n) is 7.60. The van der Waals surface area contributed by atoms with E-state index >= 15 is 0 Å². The van der Waals surface area contributed by atoms with Crippen LogP contribution in [0.15, 0.2) is 0 Å². The molecule has 120 valence electrons. The van der Waals surface area contributed by atoms with Gasteiger partial charge < -0.3 is 25.2 Å². The molecule has 2 aliphatic rings. The van der Waals surface area contributed by atoms with Gasteiger partial charge in [-0.1, -0.05) is 12.8 Å². The number of likely N-dealkylation sites (N-methyl/N-ethyl adjacent to an activating group) is 1. The molecular formula is C14H24N2O5. The molecule has 0 spiro atoms. The van der Waals surface area contributed by atoms with Gasteiger partial charge in [0.15, 0.2) is 0 Å². The van der Waals surface area contributed by atoms with Crippen LogP contribution in [-0.4, -0.2) is 65.1 Å². The van der Waals surface area contributed by atoms with E-state index in [2.05, 4.69) is 5.32 Å². The number of carbonyl (C=O) groups excluding carboxylic acids is 1. The van der Waals surface area contributed by atoms with E-state index in [1.54, 1.807) is 0 Å². The molecule has 0 aromatic carbocycles. The standard InChI is InChI=1S/C14H24N2O5/c1-2-16(11-8-21-7-9(11)13(18)19)14(20)15-10-5-3-4-6-12(10)17/h9-12,17H,2-8H2,1H3,(H,15,20)(H,18,19). The summed E-state index contributed by atoms with van der Waals surface area (Å²) >= 11 is 0. The number of rotatable bonds is 4. The first-order valence-corrected chi connectivity index (χ1v) is 7.60. The number of nitrogens with zero attached hydrogens (tertiary/aromatic N) is 1. The van der Waals surface area contributed by atoms with Crippen molar-refractivity contribution in [2.45, 2.75) is 50.8 Å². The minimum Gasteiger partial charge on any atom is -0.481 e. The highest BCUT2D eigenvalue weighted by atomic mass is 16.5. The van der Waals surface area contributed by atoms with Crippen LogP contribution in [0.4, 0.5) is 4.79 Å². The fraction of sp³-hybridized carbons (Fsp3) is 0.857. The predicted molar refractivity (Wildman–Crippen MR) is 74.9 cm³/mol. The van der Waals surface area contributed by atoms with Gasteiger partial charge in [0.1, 0.15) is 5.92 Å². The fourth-order valence-corrected chi connectivity index (χ4v) is 3.14. The molecule has 7 heteroatoms. The zero-order valence-electron chi connectivity index (χ0n) is 12.3. The lowest BCUT2D eigenvalue weighted by Gasteiger charge is -2.34. The second kappa shape index (κ2) is 7.09. The third-order valence-corrected chi connectivity index (χ3v) is 4.41. The van der Waals surface area contributed by atoms with Gasteiger partial charge >= 0.3 is 12.0 Å². The highest BCUT2D eigenvalue weighted by Gasteiger charge is 2.40. The molecule has 1 saturated carbocycles. The molecule has 1 saturated heterocycles. The number of aliphatic hydroxyl groups excluding tert-OH is 1. The number of aliphatic hydroxyl groups is 1. The average molecular weight is 300 g/mol. The number of urea groups is 1. The van der Waals surface area contributed by atoms with Crippen molar-refractivity contribution in [3.8, 4) is 0 Å². The van der Waals surface area contributed by atoms with Crippen LogP contribution in [0.5, 0.6) is 0 Å². The summed E-state index contributed by atoms with van der Waals surface area (Å²) in [4.78, 5) is 25.1. The summed E-state index contributed by atoms with van der Waals surface area (Å²) in [6, 6.07) is -1.01. The Labute approximate surface area is 124 Å². The molecule has 3 N–H and O–H groups in total. The SMILES string of the molecule is CCN(C(=O)NC1CCCCC1O)C1COCC1C(=O)O. The number of carboxylic acids is 1. The second-order valence-electron chi connectivity index (χ2n) is 5.74. The molecule has 0 aromatic heterocycles. The molecule has 0 aromatic rings. The molecular weight excluding hydrogens is 276 g/mol. The van der Waals surface area contributed by atoms with E-state index in [1.165, 1.54) is 4.90 Å². The van der Waals surface area contributed by atoms with Crippen LogP contribution >= 0.6 is 0 Å². The van der Waals surface area contributed by atoms with Gasteiger partial charge in [-0.15, -0.1) is 0 Å². The van der Waals surface area contributed by atoms with Gasteiger partial charge in [0, 0.05) is 6.54 Å².